The number of aliphatic hydroxyl groups excluding tert-OH is 1. The maximum Gasteiger partial charge on any atom is 0.300 e. The van der Waals surface area contributed by atoms with Crippen molar-refractivity contribution in [3.8, 4) is 0 Å². The lowest BCUT2D eigenvalue weighted by atomic mass is 10.2. The van der Waals surface area contributed by atoms with Gasteiger partial charge in [0.25, 0.3) is 6.43 Å². The average Bonchev–Trinajstić information content (AvgIpc) is 2.17. The molecule has 3 nitrogen and oxygen atoms in total. The van der Waals surface area contributed by atoms with Gasteiger partial charge in [-0.1, -0.05) is 11.6 Å². The summed E-state index contributed by atoms with van der Waals surface area (Å²) >= 11 is 5.51. The zero-order valence-electron chi connectivity index (χ0n) is 7.32. The first kappa shape index (κ1) is 11.6. The Balaban J connectivity index is 2.94. The SMILES string of the molecule is O=C(/C=C(\O)c1ccnc(Cl)c1)C(F)F. The molecule has 15 heavy (non-hydrogen) atoms. The summed E-state index contributed by atoms with van der Waals surface area (Å²) in [6.45, 7) is 0. The normalized spacial score (nSPS) is 11.9. The number of rotatable bonds is 3. The van der Waals surface area contributed by atoms with Gasteiger partial charge in [0.15, 0.2) is 0 Å². The lowest BCUT2D eigenvalue weighted by molar-refractivity contribution is -0.124. The van der Waals surface area contributed by atoms with Crippen LogP contribution in [0.1, 0.15) is 5.56 Å². The van der Waals surface area contributed by atoms with E-state index in [1.807, 2.05) is 0 Å². The Bertz CT molecular complexity index is 407. The van der Waals surface area contributed by atoms with Crippen molar-refractivity contribution >= 4 is 23.1 Å². The van der Waals surface area contributed by atoms with Gasteiger partial charge < -0.3 is 5.11 Å². The molecule has 0 spiro atoms. The maximum atomic E-state index is 11.8. The summed E-state index contributed by atoms with van der Waals surface area (Å²) in [5.74, 6) is -2.02. The third-order valence-electron chi connectivity index (χ3n) is 1.52. The molecule has 1 N–H and O–H groups in total. The molecule has 1 heterocycles. The summed E-state index contributed by atoms with van der Waals surface area (Å²) in [5.41, 5.74) is 0.156. The number of allylic oxidation sites excluding steroid dienone is 1. The van der Waals surface area contributed by atoms with E-state index in [1.54, 1.807) is 0 Å². The second-order valence-corrected chi connectivity index (χ2v) is 2.99. The predicted octanol–water partition coefficient (Wildman–Crippen LogP) is 2.47. The number of hydrogen-bond donors (Lipinski definition) is 1. The zero-order chi connectivity index (χ0) is 11.4. The number of carbonyl (C=O) groups is 1. The van der Waals surface area contributed by atoms with Crippen molar-refractivity contribution in [3.05, 3.63) is 35.1 Å². The molecule has 0 bridgehead atoms. The quantitative estimate of drug-likeness (QED) is 0.496. The molecule has 0 aliphatic carbocycles. The van der Waals surface area contributed by atoms with Gasteiger partial charge in [0, 0.05) is 17.8 Å². The second-order valence-electron chi connectivity index (χ2n) is 2.60. The molecular formula is C9H6ClF2NO2. The van der Waals surface area contributed by atoms with E-state index >= 15 is 0 Å². The highest BCUT2D eigenvalue weighted by atomic mass is 35.5. The third kappa shape index (κ3) is 3.28. The summed E-state index contributed by atoms with van der Waals surface area (Å²) in [7, 11) is 0. The maximum absolute atomic E-state index is 11.8. The van der Waals surface area contributed by atoms with E-state index in [9.17, 15) is 18.7 Å². The fraction of sp³-hybridized carbons (Fsp3) is 0.111. The Hall–Kier alpha value is -1.49. The Morgan fingerprint density at radius 3 is 2.80 bits per heavy atom. The molecule has 0 amide bonds. The van der Waals surface area contributed by atoms with Crippen molar-refractivity contribution in [2.45, 2.75) is 6.43 Å². The molecule has 6 heteroatoms. The van der Waals surface area contributed by atoms with Crippen LogP contribution in [0.2, 0.25) is 5.15 Å². The van der Waals surface area contributed by atoms with E-state index in [2.05, 4.69) is 4.98 Å². The van der Waals surface area contributed by atoms with Crippen LogP contribution in [0.5, 0.6) is 0 Å². The number of pyridine rings is 1. The Kier molecular flexibility index (Phi) is 3.74. The first-order valence-corrected chi connectivity index (χ1v) is 4.23. The molecule has 80 valence electrons. The van der Waals surface area contributed by atoms with Crippen molar-refractivity contribution in [1.82, 2.24) is 4.98 Å². The first-order valence-electron chi connectivity index (χ1n) is 3.85. The van der Waals surface area contributed by atoms with Gasteiger partial charge in [0.2, 0.25) is 5.78 Å². The highest BCUT2D eigenvalue weighted by molar-refractivity contribution is 6.29. The fourth-order valence-corrected chi connectivity index (χ4v) is 1.02. The van der Waals surface area contributed by atoms with Crippen LogP contribution in [0.3, 0.4) is 0 Å². The van der Waals surface area contributed by atoms with Crippen LogP contribution in [0, 0.1) is 0 Å². The Morgan fingerprint density at radius 2 is 2.27 bits per heavy atom. The van der Waals surface area contributed by atoms with Crippen molar-refractivity contribution in [2.75, 3.05) is 0 Å². The molecular weight excluding hydrogens is 228 g/mol. The number of nitrogens with zero attached hydrogens (tertiary/aromatic N) is 1. The molecule has 0 aliphatic rings. The second kappa shape index (κ2) is 4.84. The lowest BCUT2D eigenvalue weighted by Crippen LogP contribution is -2.06. The van der Waals surface area contributed by atoms with Crippen LogP contribution in [0.25, 0.3) is 5.76 Å². The van der Waals surface area contributed by atoms with Crippen molar-refractivity contribution in [3.63, 3.8) is 0 Å². The first-order chi connectivity index (χ1) is 7.00. The van der Waals surface area contributed by atoms with Crippen LogP contribution < -0.4 is 0 Å². The van der Waals surface area contributed by atoms with Crippen molar-refractivity contribution in [1.29, 1.82) is 0 Å². The number of aromatic nitrogens is 1. The highest BCUT2D eigenvalue weighted by Crippen LogP contribution is 2.15. The van der Waals surface area contributed by atoms with Gasteiger partial charge in [-0.15, -0.1) is 0 Å². The van der Waals surface area contributed by atoms with Gasteiger partial charge in [0.05, 0.1) is 0 Å². The van der Waals surface area contributed by atoms with Gasteiger partial charge in [0.1, 0.15) is 10.9 Å². The zero-order valence-corrected chi connectivity index (χ0v) is 8.08. The van der Waals surface area contributed by atoms with E-state index in [1.165, 1.54) is 18.3 Å². The topological polar surface area (TPSA) is 50.2 Å². The minimum Gasteiger partial charge on any atom is -0.507 e. The van der Waals surface area contributed by atoms with Crippen LogP contribution in [-0.2, 0) is 4.79 Å². The fourth-order valence-electron chi connectivity index (χ4n) is 0.843. The molecule has 0 aromatic carbocycles. The van der Waals surface area contributed by atoms with Gasteiger partial charge in [-0.3, -0.25) is 4.79 Å². The number of halogens is 3. The molecule has 0 saturated heterocycles. The van der Waals surface area contributed by atoms with Crippen LogP contribution in [0.4, 0.5) is 8.78 Å². The van der Waals surface area contributed by atoms with Crippen LogP contribution in [0.15, 0.2) is 24.4 Å². The smallest absolute Gasteiger partial charge is 0.300 e. The van der Waals surface area contributed by atoms with Gasteiger partial charge in [-0.2, -0.15) is 0 Å². The van der Waals surface area contributed by atoms with E-state index < -0.39 is 18.0 Å². The lowest BCUT2D eigenvalue weighted by Gasteiger charge is -1.99. The minimum absolute atomic E-state index is 0.0944. The van der Waals surface area contributed by atoms with Gasteiger partial charge in [-0.05, 0) is 12.1 Å². The minimum atomic E-state index is -3.13. The predicted molar refractivity (Wildman–Crippen MR) is 50.9 cm³/mol. The molecule has 0 saturated carbocycles. The molecule has 0 radical (unpaired) electrons. The van der Waals surface area contributed by atoms with E-state index in [-0.39, 0.29) is 10.7 Å². The Labute approximate surface area is 89.0 Å². The monoisotopic (exact) mass is 233 g/mol. The summed E-state index contributed by atoms with van der Waals surface area (Å²) < 4.78 is 23.7. The summed E-state index contributed by atoms with van der Waals surface area (Å²) in [4.78, 5) is 14.2. The Morgan fingerprint density at radius 1 is 1.60 bits per heavy atom. The summed E-state index contributed by atoms with van der Waals surface area (Å²) in [5, 5.41) is 9.38. The van der Waals surface area contributed by atoms with E-state index in [0.717, 1.165) is 0 Å². The van der Waals surface area contributed by atoms with Crippen LogP contribution >= 0.6 is 11.6 Å². The largest absolute Gasteiger partial charge is 0.507 e. The summed E-state index contributed by atoms with van der Waals surface area (Å²) in [6, 6.07) is 2.60. The number of ketones is 1. The van der Waals surface area contributed by atoms with Crippen LogP contribution in [-0.4, -0.2) is 22.3 Å². The van der Waals surface area contributed by atoms with E-state index in [4.69, 9.17) is 11.6 Å². The molecule has 0 aliphatic heterocycles. The van der Waals surface area contributed by atoms with Gasteiger partial charge in [-0.25, -0.2) is 13.8 Å². The highest BCUT2D eigenvalue weighted by Gasteiger charge is 2.14. The van der Waals surface area contributed by atoms with Crippen molar-refractivity contribution in [2.24, 2.45) is 0 Å². The summed E-state index contributed by atoms with van der Waals surface area (Å²) in [6.07, 6.45) is -1.39. The number of hydrogen-bond acceptors (Lipinski definition) is 3. The molecule has 0 atom stereocenters. The van der Waals surface area contributed by atoms with E-state index in [0.29, 0.717) is 6.08 Å². The molecule has 1 rings (SSSR count). The standard InChI is InChI=1S/C9H6ClF2NO2/c10-8-3-5(1-2-13-8)6(14)4-7(15)9(11)12/h1-4,9,14H/b6-4-. The number of carbonyl (C=O) groups excluding carboxylic acids is 1. The number of aliphatic hydroxyl groups is 1. The molecule has 0 unspecified atom stereocenters. The average molecular weight is 234 g/mol. The third-order valence-corrected chi connectivity index (χ3v) is 1.72. The number of alkyl halides is 2. The molecule has 1 aromatic heterocycles. The van der Waals surface area contributed by atoms with Crippen molar-refractivity contribution < 1.29 is 18.7 Å². The molecule has 0 fully saturated rings. The van der Waals surface area contributed by atoms with Gasteiger partial charge >= 0.3 is 0 Å². The molecule has 1 aromatic rings.